The van der Waals surface area contributed by atoms with E-state index in [1.165, 1.54) is 0 Å². The largest absolute Gasteiger partial charge is 0.478 e. The maximum Gasteiger partial charge on any atom is 0.335 e. The molecule has 1 N–H and O–H groups in total. The van der Waals surface area contributed by atoms with Gasteiger partial charge in [0.25, 0.3) is 5.24 Å². The fourth-order valence-electron chi connectivity index (χ4n) is 1.15. The first kappa shape index (κ1) is 13.9. The lowest BCUT2D eigenvalue weighted by atomic mass is 10.2. The third kappa shape index (κ3) is 4.80. The van der Waals surface area contributed by atoms with Gasteiger partial charge in [0.1, 0.15) is 0 Å². The average molecular weight is 263 g/mol. The summed E-state index contributed by atoms with van der Waals surface area (Å²) in [5.74, 6) is -0.879. The van der Waals surface area contributed by atoms with Crippen LogP contribution in [0.2, 0.25) is 0 Å². The molecule has 0 amide bonds. The van der Waals surface area contributed by atoms with Crippen LogP contribution in [0.1, 0.15) is 20.7 Å². The Morgan fingerprint density at radius 1 is 0.778 bits per heavy atom. The van der Waals surface area contributed by atoms with Gasteiger partial charge in [0.2, 0.25) is 0 Å². The Bertz CT molecular complexity index is 460. The summed E-state index contributed by atoms with van der Waals surface area (Å²) in [7, 11) is 0. The van der Waals surface area contributed by atoms with Crippen molar-refractivity contribution in [2.24, 2.45) is 0 Å². The summed E-state index contributed by atoms with van der Waals surface area (Å²) in [5, 5.41) is 7.98. The topological polar surface area (TPSA) is 54.4 Å². The molecule has 0 heterocycles. The first-order valence-corrected chi connectivity index (χ1v) is 5.52. The van der Waals surface area contributed by atoms with Gasteiger partial charge in [-0.2, -0.15) is 0 Å². The lowest BCUT2D eigenvalue weighted by molar-refractivity contribution is 0.0696. The molecule has 0 aromatic heterocycles. The predicted octanol–water partition coefficient (Wildman–Crippen LogP) is 3.45. The van der Waals surface area contributed by atoms with Crippen LogP contribution >= 0.6 is 11.6 Å². The van der Waals surface area contributed by atoms with Crippen molar-refractivity contribution < 1.29 is 14.7 Å². The zero-order valence-electron chi connectivity index (χ0n) is 9.42. The lowest BCUT2D eigenvalue weighted by Gasteiger charge is -1.88. The molecule has 0 aliphatic carbocycles. The van der Waals surface area contributed by atoms with Crippen LogP contribution in [0.25, 0.3) is 0 Å². The van der Waals surface area contributed by atoms with Crippen molar-refractivity contribution in [3.8, 4) is 0 Å². The molecule has 92 valence electrons. The minimum absolute atomic E-state index is 0.331. The van der Waals surface area contributed by atoms with E-state index < -0.39 is 11.2 Å². The average Bonchev–Trinajstić information content (AvgIpc) is 2.41. The molecule has 0 unspecified atom stereocenters. The highest BCUT2D eigenvalue weighted by atomic mass is 35.5. The first-order valence-electron chi connectivity index (χ1n) is 5.14. The van der Waals surface area contributed by atoms with Crippen molar-refractivity contribution in [3.05, 3.63) is 71.8 Å². The number of carbonyl (C=O) groups excluding carboxylic acids is 1. The van der Waals surface area contributed by atoms with E-state index in [1.807, 2.05) is 6.07 Å². The molecule has 0 aliphatic heterocycles. The fraction of sp³-hybridized carbons (Fsp3) is 0. The molecule has 0 spiro atoms. The van der Waals surface area contributed by atoms with Gasteiger partial charge in [-0.05, 0) is 23.7 Å². The van der Waals surface area contributed by atoms with Gasteiger partial charge < -0.3 is 5.11 Å². The van der Waals surface area contributed by atoms with Gasteiger partial charge in [0.15, 0.2) is 0 Å². The Morgan fingerprint density at radius 3 is 1.39 bits per heavy atom. The minimum atomic E-state index is -0.879. The number of halogens is 1. The molecule has 0 saturated carbocycles. The zero-order valence-corrected chi connectivity index (χ0v) is 10.2. The van der Waals surface area contributed by atoms with Crippen LogP contribution in [-0.2, 0) is 0 Å². The standard InChI is InChI=1S/C7H5ClO.C7H6O2/c2*8-7(9)6-4-2-1-3-5-6/h1-5H;1-5H,(H,8,9). The van der Waals surface area contributed by atoms with Gasteiger partial charge in [-0.1, -0.05) is 48.5 Å². The molecule has 3 nitrogen and oxygen atoms in total. The summed E-state index contributed by atoms with van der Waals surface area (Å²) in [6.07, 6.45) is 0. The van der Waals surface area contributed by atoms with E-state index in [0.717, 1.165) is 0 Å². The van der Waals surface area contributed by atoms with Gasteiger partial charge in [-0.3, -0.25) is 4.79 Å². The second kappa shape index (κ2) is 7.25. The maximum atomic E-state index is 10.4. The minimum Gasteiger partial charge on any atom is -0.478 e. The Hall–Kier alpha value is -2.13. The number of carbonyl (C=O) groups is 2. The van der Waals surface area contributed by atoms with E-state index in [9.17, 15) is 9.59 Å². The summed E-state index contributed by atoms with van der Waals surface area (Å²) in [6.45, 7) is 0. The third-order valence-electron chi connectivity index (χ3n) is 2.02. The second-order valence-electron chi connectivity index (χ2n) is 3.31. The van der Waals surface area contributed by atoms with Crippen molar-refractivity contribution in [2.45, 2.75) is 0 Å². The molecule has 2 aromatic rings. The Morgan fingerprint density at radius 2 is 1.17 bits per heavy atom. The molecule has 2 aromatic carbocycles. The van der Waals surface area contributed by atoms with Gasteiger partial charge in [0, 0.05) is 5.56 Å². The molecule has 0 aliphatic rings. The van der Waals surface area contributed by atoms with Crippen molar-refractivity contribution in [1.29, 1.82) is 0 Å². The van der Waals surface area contributed by atoms with Crippen LogP contribution in [0.5, 0.6) is 0 Å². The molecule has 0 fully saturated rings. The van der Waals surface area contributed by atoms with Crippen LogP contribution in [0.4, 0.5) is 0 Å². The Labute approximate surface area is 110 Å². The molecule has 0 bridgehead atoms. The smallest absolute Gasteiger partial charge is 0.335 e. The number of hydrogen-bond acceptors (Lipinski definition) is 2. The number of carboxylic acids is 1. The van der Waals surface area contributed by atoms with Crippen molar-refractivity contribution in [1.82, 2.24) is 0 Å². The van der Waals surface area contributed by atoms with E-state index in [1.54, 1.807) is 54.6 Å². The first-order chi connectivity index (χ1) is 8.61. The van der Waals surface area contributed by atoms with Crippen LogP contribution in [0, 0.1) is 0 Å². The zero-order chi connectivity index (χ0) is 13.4. The van der Waals surface area contributed by atoms with Gasteiger partial charge in [0.05, 0.1) is 5.56 Å². The Kier molecular flexibility index (Phi) is 5.61. The van der Waals surface area contributed by atoms with Gasteiger partial charge >= 0.3 is 5.97 Å². The van der Waals surface area contributed by atoms with Gasteiger partial charge in [-0.25, -0.2) is 4.79 Å². The molecule has 18 heavy (non-hydrogen) atoms. The van der Waals surface area contributed by atoms with Crippen LogP contribution in [0.3, 0.4) is 0 Å². The third-order valence-corrected chi connectivity index (χ3v) is 2.24. The molecule has 2 rings (SSSR count). The highest BCUT2D eigenvalue weighted by molar-refractivity contribution is 6.67. The molecular formula is C14H11ClO3. The summed E-state index contributed by atoms with van der Waals surface area (Å²) in [4.78, 5) is 20.6. The quantitative estimate of drug-likeness (QED) is 0.844. The number of benzene rings is 2. The molecule has 4 heteroatoms. The number of hydrogen-bond donors (Lipinski definition) is 1. The molecule has 0 atom stereocenters. The summed E-state index contributed by atoms with van der Waals surface area (Å²) in [6, 6.07) is 17.0. The van der Waals surface area contributed by atoms with Crippen molar-refractivity contribution in [3.63, 3.8) is 0 Å². The van der Waals surface area contributed by atoms with E-state index in [2.05, 4.69) is 0 Å². The SMILES string of the molecule is O=C(Cl)c1ccccc1.O=C(O)c1ccccc1. The monoisotopic (exact) mass is 262 g/mol. The maximum absolute atomic E-state index is 10.4. The summed E-state index contributed by atoms with van der Waals surface area (Å²) < 4.78 is 0. The second-order valence-corrected chi connectivity index (χ2v) is 3.65. The highest BCUT2D eigenvalue weighted by Gasteiger charge is 1.97. The van der Waals surface area contributed by atoms with Crippen LogP contribution in [0.15, 0.2) is 60.7 Å². The fourth-order valence-corrected chi connectivity index (χ4v) is 1.28. The molecule has 0 radical (unpaired) electrons. The van der Waals surface area contributed by atoms with Crippen LogP contribution < -0.4 is 0 Å². The Balaban J connectivity index is 0.000000180. The van der Waals surface area contributed by atoms with Crippen molar-refractivity contribution >= 4 is 22.8 Å². The molecule has 0 saturated heterocycles. The number of rotatable bonds is 2. The van der Waals surface area contributed by atoms with E-state index in [4.69, 9.17) is 16.7 Å². The van der Waals surface area contributed by atoms with E-state index in [-0.39, 0.29) is 0 Å². The van der Waals surface area contributed by atoms with E-state index in [0.29, 0.717) is 11.1 Å². The molecular weight excluding hydrogens is 252 g/mol. The number of aromatic carboxylic acids is 1. The lowest BCUT2D eigenvalue weighted by Crippen LogP contribution is -1.93. The highest BCUT2D eigenvalue weighted by Crippen LogP contribution is 2.01. The summed E-state index contributed by atoms with van der Waals surface area (Å²) >= 11 is 5.16. The number of carboxylic acid groups (broad SMARTS) is 1. The van der Waals surface area contributed by atoms with Crippen LogP contribution in [-0.4, -0.2) is 16.3 Å². The van der Waals surface area contributed by atoms with E-state index >= 15 is 0 Å². The van der Waals surface area contributed by atoms with Gasteiger partial charge in [-0.15, -0.1) is 0 Å². The normalized spacial score (nSPS) is 8.94. The summed E-state index contributed by atoms with van der Waals surface area (Å²) in [5.41, 5.74) is 0.872. The predicted molar refractivity (Wildman–Crippen MR) is 70.0 cm³/mol. The van der Waals surface area contributed by atoms with Crippen molar-refractivity contribution in [2.75, 3.05) is 0 Å².